The van der Waals surface area contributed by atoms with Gasteiger partial charge in [0.1, 0.15) is 10.5 Å². The minimum atomic E-state index is -2.36. The number of rotatable bonds is 12. The zero-order valence-corrected chi connectivity index (χ0v) is 17.7. The van der Waals surface area contributed by atoms with Gasteiger partial charge in [-0.15, -0.1) is 0 Å². The van der Waals surface area contributed by atoms with Crippen LogP contribution in [-0.4, -0.2) is 44.8 Å². The van der Waals surface area contributed by atoms with E-state index in [0.29, 0.717) is 10.5 Å². The Morgan fingerprint density at radius 3 is 0.950 bits per heavy atom. The topological polar surface area (TPSA) is 40.5 Å². The maximum absolute atomic E-state index is 11.6. The maximum Gasteiger partial charge on any atom is 0.141 e. The molecule has 0 aromatic carbocycles. The first kappa shape index (κ1) is 22.8. The molecule has 0 spiro atoms. The van der Waals surface area contributed by atoms with Gasteiger partial charge >= 0.3 is 115 Å². The first-order chi connectivity index (χ1) is 9.54. The first-order valence-corrected chi connectivity index (χ1v) is 12.6. The summed E-state index contributed by atoms with van der Waals surface area (Å²) < 4.78 is 0. The van der Waals surface area contributed by atoms with Crippen molar-refractivity contribution in [3.8, 4) is 0 Å². The molecule has 0 aromatic heterocycles. The summed E-state index contributed by atoms with van der Waals surface area (Å²) in [6.45, 7) is 6.64. The summed E-state index contributed by atoms with van der Waals surface area (Å²) in [5.74, 6) is 0. The van der Waals surface area contributed by atoms with E-state index in [9.17, 15) is 4.89 Å². The van der Waals surface area contributed by atoms with Crippen LogP contribution in [0.5, 0.6) is 0 Å². The molecule has 0 aromatic rings. The normalized spacial score (nSPS) is 13.4. The van der Waals surface area contributed by atoms with E-state index in [1.54, 1.807) is 0 Å². The standard InChI is InChI=1S/C16H37OP.H4OSi/c1-5-9-13-18(17,14-10-6-2,15-11-7-3)16-12-8-4;1-2/h17H,5-16H2,1-4H3;1H,2H3. The summed E-state index contributed by atoms with van der Waals surface area (Å²) in [4.78, 5) is 18.8. The fourth-order valence-electron chi connectivity index (χ4n) is 2.93. The van der Waals surface area contributed by atoms with Gasteiger partial charge in [-0.2, -0.15) is 0 Å². The molecule has 0 aliphatic heterocycles. The average Bonchev–Trinajstić information content (AvgIpc) is 2.50. The molecule has 2 N–H and O–H groups in total. The second-order valence-electron chi connectivity index (χ2n) is 6.22. The van der Waals surface area contributed by atoms with Crippen LogP contribution in [0.3, 0.4) is 0 Å². The zero-order chi connectivity index (χ0) is 15.9. The zero-order valence-electron chi connectivity index (χ0n) is 14.8. The second-order valence-corrected chi connectivity index (χ2v) is 11.8. The molecule has 2 nitrogen and oxygen atoms in total. The molecule has 0 aliphatic carbocycles. The molecule has 0 bridgehead atoms. The Balaban J connectivity index is 0. The van der Waals surface area contributed by atoms with Gasteiger partial charge in [0.05, 0.1) is 0 Å². The van der Waals surface area contributed by atoms with Crippen LogP contribution < -0.4 is 0 Å². The summed E-state index contributed by atoms with van der Waals surface area (Å²) >= 11 is 0. The molecule has 0 fully saturated rings. The molecular formula is C16H41O2PSi. The van der Waals surface area contributed by atoms with Crippen LogP contribution >= 0.6 is 6.83 Å². The van der Waals surface area contributed by atoms with Crippen molar-refractivity contribution in [2.24, 2.45) is 0 Å². The van der Waals surface area contributed by atoms with Crippen molar-refractivity contribution in [1.29, 1.82) is 0 Å². The Morgan fingerprint density at radius 2 is 0.800 bits per heavy atom. The van der Waals surface area contributed by atoms with E-state index >= 15 is 0 Å². The summed E-state index contributed by atoms with van der Waals surface area (Å²) in [6, 6.07) is 0. The Morgan fingerprint density at radius 1 is 0.600 bits per heavy atom. The number of unbranched alkanes of at least 4 members (excludes halogenated alkanes) is 4. The van der Waals surface area contributed by atoms with E-state index in [0.717, 1.165) is 24.6 Å². The average molecular weight is 325 g/mol. The van der Waals surface area contributed by atoms with Crippen molar-refractivity contribution in [3.63, 3.8) is 0 Å². The van der Waals surface area contributed by atoms with Gasteiger partial charge in [0.25, 0.3) is 0 Å². The SMILES string of the molecule is CCCCP(O)(CCCC)(CCCC)CCCC.O[SiH3]. The van der Waals surface area contributed by atoms with Crippen LogP contribution in [0.2, 0.25) is 0 Å². The number of hydrogen-bond acceptors (Lipinski definition) is 2. The monoisotopic (exact) mass is 324 g/mol. The van der Waals surface area contributed by atoms with E-state index in [1.807, 2.05) is 0 Å². The second kappa shape index (κ2) is 13.2. The van der Waals surface area contributed by atoms with E-state index < -0.39 is 6.83 Å². The van der Waals surface area contributed by atoms with Gasteiger partial charge < -0.3 is 4.80 Å². The summed E-state index contributed by atoms with van der Waals surface area (Å²) in [6.07, 6.45) is 14.4. The van der Waals surface area contributed by atoms with Crippen molar-refractivity contribution in [2.75, 3.05) is 24.6 Å². The summed E-state index contributed by atoms with van der Waals surface area (Å²) in [5.41, 5.74) is 0. The Bertz CT molecular complexity index is 169. The molecule has 0 atom stereocenters. The van der Waals surface area contributed by atoms with Gasteiger partial charge in [-0.3, -0.25) is 0 Å². The van der Waals surface area contributed by atoms with Crippen LogP contribution in [-0.2, 0) is 0 Å². The predicted molar refractivity (Wildman–Crippen MR) is 100 cm³/mol. The van der Waals surface area contributed by atoms with Crippen LogP contribution in [0.1, 0.15) is 79.1 Å². The van der Waals surface area contributed by atoms with E-state index in [1.165, 1.54) is 51.4 Å². The van der Waals surface area contributed by atoms with Crippen LogP contribution in [0.15, 0.2) is 0 Å². The molecule has 0 saturated carbocycles. The van der Waals surface area contributed by atoms with E-state index in [-0.39, 0.29) is 0 Å². The Labute approximate surface area is 131 Å². The van der Waals surface area contributed by atoms with Gasteiger partial charge in [-0.1, -0.05) is 0 Å². The molecule has 126 valence electrons. The van der Waals surface area contributed by atoms with Crippen molar-refractivity contribution in [3.05, 3.63) is 0 Å². The van der Waals surface area contributed by atoms with Crippen molar-refractivity contribution >= 4 is 17.3 Å². The maximum atomic E-state index is 11.6. The van der Waals surface area contributed by atoms with Crippen molar-refractivity contribution < 1.29 is 9.69 Å². The van der Waals surface area contributed by atoms with Crippen LogP contribution in [0, 0.1) is 0 Å². The van der Waals surface area contributed by atoms with Gasteiger partial charge in [0, 0.05) is 0 Å². The Hall–Kier alpha value is 0.567. The minimum absolute atomic E-state index is 0.306. The van der Waals surface area contributed by atoms with E-state index in [4.69, 9.17) is 4.80 Å². The molecule has 0 rings (SSSR count). The fourth-order valence-corrected chi connectivity index (χ4v) is 8.78. The van der Waals surface area contributed by atoms with Crippen molar-refractivity contribution in [2.45, 2.75) is 79.1 Å². The van der Waals surface area contributed by atoms with Crippen molar-refractivity contribution in [1.82, 2.24) is 0 Å². The molecule has 0 unspecified atom stereocenters. The van der Waals surface area contributed by atoms with Gasteiger partial charge in [0.2, 0.25) is 0 Å². The smallest absolute Gasteiger partial charge is 0.141 e. The third-order valence-corrected chi connectivity index (χ3v) is 10.2. The molecule has 0 heterocycles. The summed E-state index contributed by atoms with van der Waals surface area (Å²) in [5, 5.41) is 0. The molecule has 0 radical (unpaired) electrons. The quantitative estimate of drug-likeness (QED) is 0.422. The van der Waals surface area contributed by atoms with Gasteiger partial charge in [-0.25, -0.2) is 0 Å². The van der Waals surface area contributed by atoms with Gasteiger partial charge in [0.15, 0.2) is 0 Å². The van der Waals surface area contributed by atoms with Crippen LogP contribution in [0.25, 0.3) is 0 Å². The number of hydrogen-bond donors (Lipinski definition) is 2. The molecule has 0 saturated heterocycles. The third-order valence-electron chi connectivity index (χ3n) is 4.34. The largest absolute Gasteiger partial charge is 0.442 e. The molecule has 20 heavy (non-hydrogen) atoms. The third kappa shape index (κ3) is 9.49. The first-order valence-electron chi connectivity index (χ1n) is 8.74. The molecular weight excluding hydrogens is 283 g/mol. The summed E-state index contributed by atoms with van der Waals surface area (Å²) in [7, 11) is 0.306. The minimum Gasteiger partial charge on any atom is -0.442 e. The molecule has 0 amide bonds. The van der Waals surface area contributed by atoms with Gasteiger partial charge in [-0.05, 0) is 0 Å². The van der Waals surface area contributed by atoms with E-state index in [2.05, 4.69) is 27.7 Å². The Kier molecular flexibility index (Phi) is 15.1. The molecule has 4 heteroatoms. The molecule has 0 aliphatic rings. The fraction of sp³-hybridized carbons (Fsp3) is 1.00. The predicted octanol–water partition coefficient (Wildman–Crippen LogP) is 3.91. The van der Waals surface area contributed by atoms with Crippen LogP contribution in [0.4, 0.5) is 0 Å².